The normalized spacial score (nSPS) is 10.9. The summed E-state index contributed by atoms with van der Waals surface area (Å²) in [5.74, 6) is 0. The first kappa shape index (κ1) is 14.1. The van der Waals surface area contributed by atoms with Gasteiger partial charge in [0.25, 0.3) is 0 Å². The number of nitrogens with one attached hydrogen (secondary N) is 2. The summed E-state index contributed by atoms with van der Waals surface area (Å²) in [4.78, 5) is 4.22. The molecule has 5 heteroatoms. The van der Waals surface area contributed by atoms with Gasteiger partial charge in [-0.15, -0.1) is 0 Å². The van der Waals surface area contributed by atoms with Gasteiger partial charge in [0.15, 0.2) is 5.11 Å². The lowest BCUT2D eigenvalue weighted by Gasteiger charge is -2.07. The molecule has 0 unspecified atom stereocenters. The smallest absolute Gasteiger partial charge is 0.187 e. The molecule has 0 atom stereocenters. The summed E-state index contributed by atoms with van der Waals surface area (Å²) >= 11 is 5.17. The first-order chi connectivity index (χ1) is 9.75. The number of hydrazone groups is 1. The van der Waals surface area contributed by atoms with Crippen molar-refractivity contribution in [1.29, 1.82) is 0 Å². The summed E-state index contributed by atoms with van der Waals surface area (Å²) in [6.45, 7) is 2.56. The molecule has 0 saturated heterocycles. The number of benzene rings is 1. The summed E-state index contributed by atoms with van der Waals surface area (Å²) in [7, 11) is 0. The molecule has 1 aromatic heterocycles. The summed E-state index contributed by atoms with van der Waals surface area (Å²) in [6.07, 6.45) is 1.74. The SMILES string of the molecule is C/C(=N/NC(=S)NCc1ccccc1)c1ccccn1. The van der Waals surface area contributed by atoms with Crippen molar-refractivity contribution in [3.63, 3.8) is 0 Å². The average Bonchev–Trinajstić information content (AvgIpc) is 2.52. The molecule has 2 aromatic rings. The van der Waals surface area contributed by atoms with Gasteiger partial charge >= 0.3 is 0 Å². The standard InChI is InChI=1S/C15H16N4S/c1-12(14-9-5-6-10-16-14)18-19-15(20)17-11-13-7-3-2-4-8-13/h2-10H,11H2,1H3,(H2,17,19,20)/b18-12-. The topological polar surface area (TPSA) is 49.3 Å². The average molecular weight is 284 g/mol. The van der Waals surface area contributed by atoms with Crippen molar-refractivity contribution in [2.45, 2.75) is 13.5 Å². The van der Waals surface area contributed by atoms with Crippen molar-refractivity contribution in [1.82, 2.24) is 15.7 Å². The number of hydrogen-bond acceptors (Lipinski definition) is 3. The second-order valence-corrected chi connectivity index (χ2v) is 4.60. The summed E-state index contributed by atoms with van der Waals surface area (Å²) in [5, 5.41) is 7.80. The number of thiocarbonyl (C=S) groups is 1. The first-order valence-electron chi connectivity index (χ1n) is 6.29. The molecular weight excluding hydrogens is 268 g/mol. The fraction of sp³-hybridized carbons (Fsp3) is 0.133. The number of nitrogens with zero attached hydrogens (tertiary/aromatic N) is 2. The van der Waals surface area contributed by atoms with Crippen LogP contribution in [0.25, 0.3) is 0 Å². The van der Waals surface area contributed by atoms with Gasteiger partial charge in [-0.05, 0) is 36.8 Å². The molecule has 0 bridgehead atoms. The zero-order valence-electron chi connectivity index (χ0n) is 11.2. The molecule has 2 N–H and O–H groups in total. The summed E-state index contributed by atoms with van der Waals surface area (Å²) in [6, 6.07) is 15.8. The zero-order valence-corrected chi connectivity index (χ0v) is 12.0. The summed E-state index contributed by atoms with van der Waals surface area (Å²) in [5.41, 5.74) is 5.60. The van der Waals surface area contributed by atoms with Crippen LogP contribution >= 0.6 is 12.2 Å². The highest BCUT2D eigenvalue weighted by atomic mass is 32.1. The Balaban J connectivity index is 1.83. The molecule has 0 saturated carbocycles. The van der Waals surface area contributed by atoms with Crippen molar-refractivity contribution < 1.29 is 0 Å². The Morgan fingerprint density at radius 1 is 1.15 bits per heavy atom. The maximum atomic E-state index is 5.17. The highest BCUT2D eigenvalue weighted by Crippen LogP contribution is 1.97. The Bertz CT molecular complexity index is 581. The van der Waals surface area contributed by atoms with Crippen molar-refractivity contribution in [3.8, 4) is 0 Å². The van der Waals surface area contributed by atoms with Crippen LogP contribution in [0.5, 0.6) is 0 Å². The van der Waals surface area contributed by atoms with E-state index < -0.39 is 0 Å². The number of aromatic nitrogens is 1. The van der Waals surface area contributed by atoms with Crippen molar-refractivity contribution in [3.05, 3.63) is 66.0 Å². The van der Waals surface area contributed by atoms with Gasteiger partial charge in [0.2, 0.25) is 0 Å². The molecule has 0 aliphatic carbocycles. The molecule has 1 aromatic carbocycles. The molecule has 102 valence electrons. The lowest BCUT2D eigenvalue weighted by Crippen LogP contribution is -2.32. The molecule has 1 heterocycles. The Morgan fingerprint density at radius 3 is 2.60 bits per heavy atom. The Labute approximate surface area is 123 Å². The molecule has 20 heavy (non-hydrogen) atoms. The lowest BCUT2D eigenvalue weighted by molar-refractivity contribution is 0.866. The van der Waals surface area contributed by atoms with Gasteiger partial charge in [0.05, 0.1) is 11.4 Å². The van der Waals surface area contributed by atoms with Gasteiger partial charge < -0.3 is 5.32 Å². The van der Waals surface area contributed by atoms with Crippen LogP contribution in [-0.2, 0) is 6.54 Å². The molecule has 0 amide bonds. The van der Waals surface area contributed by atoms with E-state index >= 15 is 0 Å². The van der Waals surface area contributed by atoms with Crippen LogP contribution in [0.15, 0.2) is 59.8 Å². The molecule has 0 spiro atoms. The minimum absolute atomic E-state index is 0.490. The van der Waals surface area contributed by atoms with Crippen molar-refractivity contribution >= 4 is 23.0 Å². The summed E-state index contributed by atoms with van der Waals surface area (Å²) < 4.78 is 0. The maximum absolute atomic E-state index is 5.17. The van der Waals surface area contributed by atoms with E-state index in [1.165, 1.54) is 5.56 Å². The second kappa shape index (κ2) is 7.35. The molecule has 0 radical (unpaired) electrons. The fourth-order valence-corrected chi connectivity index (χ4v) is 1.70. The lowest BCUT2D eigenvalue weighted by atomic mass is 10.2. The fourth-order valence-electron chi connectivity index (χ4n) is 1.59. The number of rotatable bonds is 4. The number of hydrogen-bond donors (Lipinski definition) is 2. The van der Waals surface area contributed by atoms with Crippen molar-refractivity contribution in [2.75, 3.05) is 0 Å². The van der Waals surface area contributed by atoms with Gasteiger partial charge in [0, 0.05) is 12.7 Å². The van der Waals surface area contributed by atoms with Crippen LogP contribution in [0.1, 0.15) is 18.2 Å². The van der Waals surface area contributed by atoms with E-state index in [4.69, 9.17) is 12.2 Å². The van der Waals surface area contributed by atoms with E-state index in [1.54, 1.807) is 6.20 Å². The third kappa shape index (κ3) is 4.44. The van der Waals surface area contributed by atoms with Crippen LogP contribution in [-0.4, -0.2) is 15.8 Å². The Hall–Kier alpha value is -2.27. The minimum Gasteiger partial charge on any atom is -0.357 e. The van der Waals surface area contributed by atoms with Gasteiger partial charge in [-0.3, -0.25) is 10.4 Å². The monoisotopic (exact) mass is 284 g/mol. The van der Waals surface area contributed by atoms with E-state index in [1.807, 2.05) is 55.5 Å². The van der Waals surface area contributed by atoms with E-state index in [0.29, 0.717) is 11.7 Å². The second-order valence-electron chi connectivity index (χ2n) is 4.19. The maximum Gasteiger partial charge on any atom is 0.187 e. The first-order valence-corrected chi connectivity index (χ1v) is 6.70. The van der Waals surface area contributed by atoms with Crippen LogP contribution in [0.2, 0.25) is 0 Å². The largest absolute Gasteiger partial charge is 0.357 e. The minimum atomic E-state index is 0.490. The van der Waals surface area contributed by atoms with Crippen LogP contribution in [0.4, 0.5) is 0 Å². The van der Waals surface area contributed by atoms with Gasteiger partial charge in [-0.2, -0.15) is 5.10 Å². The highest BCUT2D eigenvalue weighted by molar-refractivity contribution is 7.80. The number of pyridine rings is 1. The van der Waals surface area contributed by atoms with E-state index in [0.717, 1.165) is 11.4 Å². The Morgan fingerprint density at radius 2 is 1.90 bits per heavy atom. The third-order valence-electron chi connectivity index (χ3n) is 2.66. The third-order valence-corrected chi connectivity index (χ3v) is 2.89. The molecule has 0 aliphatic heterocycles. The molecule has 0 aliphatic rings. The van der Waals surface area contributed by atoms with Crippen LogP contribution in [0, 0.1) is 0 Å². The quantitative estimate of drug-likeness (QED) is 0.514. The van der Waals surface area contributed by atoms with Gasteiger partial charge in [-0.25, -0.2) is 0 Å². The van der Waals surface area contributed by atoms with Crippen molar-refractivity contribution in [2.24, 2.45) is 5.10 Å². The highest BCUT2D eigenvalue weighted by Gasteiger charge is 1.98. The zero-order chi connectivity index (χ0) is 14.2. The molecule has 0 fully saturated rings. The van der Waals surface area contributed by atoms with E-state index in [2.05, 4.69) is 20.8 Å². The van der Waals surface area contributed by atoms with Gasteiger partial charge in [0.1, 0.15) is 0 Å². The van der Waals surface area contributed by atoms with Gasteiger partial charge in [-0.1, -0.05) is 36.4 Å². The predicted octanol–water partition coefficient (Wildman–Crippen LogP) is 2.47. The van der Waals surface area contributed by atoms with E-state index in [-0.39, 0.29) is 0 Å². The molecular formula is C15H16N4S. The molecule has 4 nitrogen and oxygen atoms in total. The Kier molecular flexibility index (Phi) is 5.20. The van der Waals surface area contributed by atoms with E-state index in [9.17, 15) is 0 Å². The molecule has 2 rings (SSSR count). The predicted molar refractivity (Wildman–Crippen MR) is 85.5 cm³/mol. The van der Waals surface area contributed by atoms with Crippen LogP contribution in [0.3, 0.4) is 0 Å². The van der Waals surface area contributed by atoms with Crippen LogP contribution < -0.4 is 10.7 Å².